The van der Waals surface area contributed by atoms with Gasteiger partial charge in [0, 0.05) is 12.6 Å². The molecule has 0 radical (unpaired) electrons. The maximum absolute atomic E-state index is 12.3. The van der Waals surface area contributed by atoms with Crippen molar-refractivity contribution in [2.75, 3.05) is 25.6 Å². The number of unbranched alkanes of at least 4 members (excludes halogenated alkanes) is 3. The summed E-state index contributed by atoms with van der Waals surface area (Å²) in [6, 6.07) is 1.39. The number of phosphoric ester groups is 2. The van der Waals surface area contributed by atoms with Gasteiger partial charge in [0.25, 0.3) is 0 Å². The van der Waals surface area contributed by atoms with Gasteiger partial charge >= 0.3 is 21.3 Å². The van der Waals surface area contributed by atoms with Crippen molar-refractivity contribution in [3.63, 3.8) is 0 Å². The van der Waals surface area contributed by atoms with Crippen molar-refractivity contribution in [1.29, 1.82) is 0 Å². The molecule has 15 heteroatoms. The summed E-state index contributed by atoms with van der Waals surface area (Å²) < 4.78 is 51.5. The van der Waals surface area contributed by atoms with Gasteiger partial charge in [-0.2, -0.15) is 4.98 Å². The molecule has 0 saturated carbocycles. The second-order valence-electron chi connectivity index (χ2n) is 7.51. The lowest BCUT2D eigenvalue weighted by Crippen LogP contribution is -2.29. The molecule has 0 aliphatic carbocycles. The van der Waals surface area contributed by atoms with Crippen LogP contribution in [0.5, 0.6) is 0 Å². The minimum Gasteiger partial charge on any atom is -0.383 e. The Labute approximate surface area is 192 Å². The number of ether oxygens (including phenoxy) is 1. The van der Waals surface area contributed by atoms with E-state index in [9.17, 15) is 23.7 Å². The van der Waals surface area contributed by atoms with Crippen LogP contribution in [0.2, 0.25) is 0 Å². The molecule has 0 amide bonds. The number of aromatic nitrogens is 2. The third-order valence-electron chi connectivity index (χ3n) is 4.77. The topological polar surface area (TPSA) is 182 Å². The van der Waals surface area contributed by atoms with Gasteiger partial charge in [-0.3, -0.25) is 22.7 Å². The first kappa shape index (κ1) is 28.1. The Morgan fingerprint density at radius 1 is 1.12 bits per heavy atom. The van der Waals surface area contributed by atoms with Gasteiger partial charge in [0.2, 0.25) is 0 Å². The summed E-state index contributed by atoms with van der Waals surface area (Å²) in [6.45, 7) is 3.44. The minimum absolute atomic E-state index is 0.0151. The zero-order chi connectivity index (χ0) is 24.5. The van der Waals surface area contributed by atoms with E-state index >= 15 is 0 Å². The third kappa shape index (κ3) is 9.56. The minimum atomic E-state index is -4.46. The second kappa shape index (κ2) is 13.1. The number of nitrogens with zero attached hydrogens (tertiary/aromatic N) is 2. The van der Waals surface area contributed by atoms with E-state index in [0.717, 1.165) is 23.8 Å². The lowest BCUT2D eigenvalue weighted by Gasteiger charge is -2.22. The third-order valence-corrected chi connectivity index (χ3v) is 6.80. The number of nitrogen functional groups attached to an aromatic ring is 1. The molecule has 0 aromatic carbocycles. The molecule has 1 aliphatic heterocycles. The van der Waals surface area contributed by atoms with Gasteiger partial charge in [-0.15, -0.1) is 0 Å². The summed E-state index contributed by atoms with van der Waals surface area (Å²) in [5.41, 5.74) is 4.81. The van der Waals surface area contributed by atoms with Gasteiger partial charge in [-0.05, 0) is 18.9 Å². The molecule has 33 heavy (non-hydrogen) atoms. The monoisotopic (exact) mass is 513 g/mol. The molecule has 2 unspecified atom stereocenters. The van der Waals surface area contributed by atoms with Crippen LogP contribution in [0, 0.1) is 0 Å². The van der Waals surface area contributed by atoms with E-state index in [0.29, 0.717) is 12.8 Å². The quantitative estimate of drug-likeness (QED) is 0.231. The Bertz CT molecular complexity index is 898. The van der Waals surface area contributed by atoms with Crippen LogP contribution in [0.3, 0.4) is 0 Å². The summed E-state index contributed by atoms with van der Waals surface area (Å²) in [4.78, 5) is 35.8. The fraction of sp³-hybridized carbons (Fsp3) is 0.778. The average molecular weight is 513 g/mol. The number of rotatable bonds is 15. The van der Waals surface area contributed by atoms with Crippen LogP contribution >= 0.6 is 15.6 Å². The Hall–Kier alpha value is -1.14. The fourth-order valence-electron chi connectivity index (χ4n) is 3.04. The van der Waals surface area contributed by atoms with E-state index in [4.69, 9.17) is 28.6 Å². The van der Waals surface area contributed by atoms with Crippen molar-refractivity contribution in [1.82, 2.24) is 9.55 Å². The van der Waals surface area contributed by atoms with Crippen molar-refractivity contribution in [2.24, 2.45) is 0 Å². The highest BCUT2D eigenvalue weighted by atomic mass is 31.2. The fourth-order valence-corrected chi connectivity index (χ4v) is 4.79. The van der Waals surface area contributed by atoms with Crippen LogP contribution in [-0.4, -0.2) is 51.4 Å². The number of phosphoric acid groups is 2. The molecule has 1 fully saturated rings. The van der Waals surface area contributed by atoms with Gasteiger partial charge in [-0.1, -0.05) is 33.1 Å². The highest BCUT2D eigenvalue weighted by molar-refractivity contribution is 7.47. The number of hydrogen-bond acceptors (Lipinski definition) is 10. The highest BCUT2D eigenvalue weighted by Crippen LogP contribution is 2.49. The first-order chi connectivity index (χ1) is 15.6. The largest absolute Gasteiger partial charge is 0.472 e. The number of anilines is 1. The van der Waals surface area contributed by atoms with Crippen molar-refractivity contribution in [2.45, 2.75) is 70.8 Å². The molecule has 5 atom stereocenters. The Kier molecular flexibility index (Phi) is 11.1. The summed E-state index contributed by atoms with van der Waals surface area (Å²) in [7, 11) is -8.85. The SMILES string of the molecule is CCCCCOP(=O)(O)OC[C@H]1O[C@@H](n2ccc(N)nc2=O)C[C@@H]1OP(=O)(O)OCCCC. The standard InChI is InChI=1S/C18H33N3O10P2/c1-3-5-7-11-27-32(23,24)29-13-15-14(31-33(25,26)28-10-6-4-2)12-17(30-15)21-9-8-16(19)20-18(21)22/h8-9,14-15,17H,3-7,10-13H2,1-2H3,(H,23,24)(H,25,26)(H2,19,20,22)/t14-,15+,17+/m0/s1. The molecular formula is C18H33N3O10P2. The Balaban J connectivity index is 2.09. The molecule has 1 aliphatic rings. The Morgan fingerprint density at radius 2 is 1.79 bits per heavy atom. The summed E-state index contributed by atoms with van der Waals surface area (Å²) >= 11 is 0. The molecule has 13 nitrogen and oxygen atoms in total. The molecule has 2 rings (SSSR count). The molecule has 2 heterocycles. The molecule has 4 N–H and O–H groups in total. The summed E-state index contributed by atoms with van der Waals surface area (Å²) in [6.07, 6.45) is 1.85. The van der Waals surface area contributed by atoms with Crippen molar-refractivity contribution >= 4 is 21.5 Å². The number of nitrogens with two attached hydrogens (primary N) is 1. The average Bonchev–Trinajstić information content (AvgIpc) is 3.11. The van der Waals surface area contributed by atoms with Gasteiger partial charge < -0.3 is 20.3 Å². The molecule has 0 bridgehead atoms. The molecule has 190 valence electrons. The molecule has 1 aromatic heterocycles. The van der Waals surface area contributed by atoms with Crippen LogP contribution in [-0.2, 0) is 32.0 Å². The zero-order valence-electron chi connectivity index (χ0n) is 18.8. The van der Waals surface area contributed by atoms with Crippen molar-refractivity contribution < 1.29 is 41.7 Å². The second-order valence-corrected chi connectivity index (χ2v) is 10.4. The van der Waals surface area contributed by atoms with Crippen LogP contribution < -0.4 is 11.4 Å². The predicted octanol–water partition coefficient (Wildman–Crippen LogP) is 2.74. The Morgan fingerprint density at radius 3 is 2.45 bits per heavy atom. The van der Waals surface area contributed by atoms with Gasteiger partial charge in [0.05, 0.1) is 19.8 Å². The lowest BCUT2D eigenvalue weighted by atomic mass is 10.2. The van der Waals surface area contributed by atoms with Crippen LogP contribution in [0.15, 0.2) is 17.1 Å². The van der Waals surface area contributed by atoms with E-state index in [1.807, 2.05) is 13.8 Å². The first-order valence-corrected chi connectivity index (χ1v) is 13.8. The smallest absolute Gasteiger partial charge is 0.383 e. The van der Waals surface area contributed by atoms with E-state index in [1.54, 1.807) is 0 Å². The molecule has 1 aromatic rings. The van der Waals surface area contributed by atoms with E-state index in [2.05, 4.69) is 4.98 Å². The zero-order valence-corrected chi connectivity index (χ0v) is 20.6. The molecule has 0 spiro atoms. The van der Waals surface area contributed by atoms with Gasteiger partial charge in [-0.25, -0.2) is 13.9 Å². The van der Waals surface area contributed by atoms with Gasteiger partial charge in [0.1, 0.15) is 24.3 Å². The first-order valence-electron chi connectivity index (χ1n) is 10.8. The van der Waals surface area contributed by atoms with Crippen LogP contribution in [0.4, 0.5) is 5.82 Å². The van der Waals surface area contributed by atoms with Crippen LogP contribution in [0.1, 0.15) is 58.6 Å². The van der Waals surface area contributed by atoms with Crippen LogP contribution in [0.25, 0.3) is 0 Å². The maximum atomic E-state index is 12.3. The predicted molar refractivity (Wildman–Crippen MR) is 118 cm³/mol. The summed E-state index contributed by atoms with van der Waals surface area (Å²) in [5, 5.41) is 0. The molecular weight excluding hydrogens is 480 g/mol. The maximum Gasteiger partial charge on any atom is 0.472 e. The van der Waals surface area contributed by atoms with E-state index < -0.39 is 46.4 Å². The van der Waals surface area contributed by atoms with Gasteiger partial charge in [0.15, 0.2) is 0 Å². The van der Waals surface area contributed by atoms with E-state index in [1.165, 1.54) is 12.3 Å². The van der Waals surface area contributed by atoms with Crippen molar-refractivity contribution in [3.05, 3.63) is 22.7 Å². The lowest BCUT2D eigenvalue weighted by molar-refractivity contribution is -0.0468. The highest BCUT2D eigenvalue weighted by Gasteiger charge is 2.43. The normalized spacial score (nSPS) is 24.4. The molecule has 1 saturated heterocycles. The summed E-state index contributed by atoms with van der Waals surface area (Å²) in [5.74, 6) is 0.0209. The van der Waals surface area contributed by atoms with Crippen molar-refractivity contribution in [3.8, 4) is 0 Å². The number of hydrogen-bond donors (Lipinski definition) is 3. The van der Waals surface area contributed by atoms with E-state index in [-0.39, 0.29) is 25.5 Å².